The molecule has 1 rings (SSSR count). The van der Waals surface area contributed by atoms with E-state index in [0.717, 1.165) is 19.5 Å². The van der Waals surface area contributed by atoms with Crippen LogP contribution >= 0.6 is 0 Å². The Balaban J connectivity index is 2.46. The summed E-state index contributed by atoms with van der Waals surface area (Å²) < 4.78 is 0. The van der Waals surface area contributed by atoms with Crippen molar-refractivity contribution in [3.8, 4) is 0 Å². The molecule has 2 nitrogen and oxygen atoms in total. The van der Waals surface area contributed by atoms with Gasteiger partial charge in [0.05, 0.1) is 6.10 Å². The molecule has 1 heterocycles. The highest BCUT2D eigenvalue weighted by Crippen LogP contribution is 2.25. The third-order valence-electron chi connectivity index (χ3n) is 3.25. The SMILES string of the molecule is CC(C)[C@@H]1CCN(C(C)C)C[C@H]1O. The van der Waals surface area contributed by atoms with Crippen LogP contribution < -0.4 is 0 Å². The zero-order valence-corrected chi connectivity index (χ0v) is 9.33. The third kappa shape index (κ3) is 2.68. The van der Waals surface area contributed by atoms with Gasteiger partial charge in [-0.3, -0.25) is 4.90 Å². The summed E-state index contributed by atoms with van der Waals surface area (Å²) >= 11 is 0. The molecule has 0 unspecified atom stereocenters. The predicted octanol–water partition coefficient (Wildman–Crippen LogP) is 1.73. The van der Waals surface area contributed by atoms with Crippen molar-refractivity contribution in [2.24, 2.45) is 11.8 Å². The van der Waals surface area contributed by atoms with Gasteiger partial charge in [0.25, 0.3) is 0 Å². The molecule has 13 heavy (non-hydrogen) atoms. The number of aliphatic hydroxyl groups is 1. The van der Waals surface area contributed by atoms with Crippen molar-refractivity contribution in [3.63, 3.8) is 0 Å². The molecule has 0 radical (unpaired) electrons. The van der Waals surface area contributed by atoms with E-state index in [1.54, 1.807) is 0 Å². The summed E-state index contributed by atoms with van der Waals surface area (Å²) in [6.45, 7) is 10.8. The Kier molecular flexibility index (Phi) is 3.74. The van der Waals surface area contributed by atoms with Gasteiger partial charge < -0.3 is 5.11 Å². The van der Waals surface area contributed by atoms with Gasteiger partial charge in [-0.15, -0.1) is 0 Å². The van der Waals surface area contributed by atoms with E-state index in [1.807, 2.05) is 0 Å². The minimum Gasteiger partial charge on any atom is -0.391 e. The van der Waals surface area contributed by atoms with Gasteiger partial charge in [-0.2, -0.15) is 0 Å². The van der Waals surface area contributed by atoms with E-state index in [-0.39, 0.29) is 6.10 Å². The first-order valence-corrected chi connectivity index (χ1v) is 5.44. The second-order valence-corrected chi connectivity index (χ2v) is 4.85. The van der Waals surface area contributed by atoms with Crippen molar-refractivity contribution in [2.75, 3.05) is 13.1 Å². The van der Waals surface area contributed by atoms with Crippen molar-refractivity contribution in [1.82, 2.24) is 4.90 Å². The van der Waals surface area contributed by atoms with Crippen molar-refractivity contribution >= 4 is 0 Å². The first-order chi connectivity index (χ1) is 6.02. The molecule has 1 aliphatic heterocycles. The lowest BCUT2D eigenvalue weighted by Crippen LogP contribution is -2.48. The van der Waals surface area contributed by atoms with Crippen LogP contribution in [-0.2, 0) is 0 Å². The van der Waals surface area contributed by atoms with Gasteiger partial charge in [-0.25, -0.2) is 0 Å². The van der Waals surface area contributed by atoms with E-state index in [0.29, 0.717) is 17.9 Å². The van der Waals surface area contributed by atoms with E-state index in [1.165, 1.54) is 0 Å². The first-order valence-electron chi connectivity index (χ1n) is 5.44. The number of rotatable bonds is 2. The van der Waals surface area contributed by atoms with Crippen LogP contribution in [0.4, 0.5) is 0 Å². The van der Waals surface area contributed by atoms with Gasteiger partial charge in [-0.05, 0) is 38.6 Å². The zero-order chi connectivity index (χ0) is 10.0. The lowest BCUT2D eigenvalue weighted by molar-refractivity contribution is -0.00764. The Labute approximate surface area is 81.9 Å². The van der Waals surface area contributed by atoms with Crippen molar-refractivity contribution in [2.45, 2.75) is 46.3 Å². The van der Waals surface area contributed by atoms with Gasteiger partial charge in [-0.1, -0.05) is 13.8 Å². The smallest absolute Gasteiger partial charge is 0.0698 e. The number of likely N-dealkylation sites (tertiary alicyclic amines) is 1. The molecule has 1 aliphatic rings. The summed E-state index contributed by atoms with van der Waals surface area (Å²) in [5, 5.41) is 9.92. The summed E-state index contributed by atoms with van der Waals surface area (Å²) in [6.07, 6.45) is 1.04. The summed E-state index contributed by atoms with van der Waals surface area (Å²) in [7, 11) is 0. The molecule has 0 amide bonds. The van der Waals surface area contributed by atoms with E-state index in [9.17, 15) is 5.11 Å². The largest absolute Gasteiger partial charge is 0.391 e. The maximum atomic E-state index is 9.92. The Morgan fingerprint density at radius 2 is 1.85 bits per heavy atom. The van der Waals surface area contributed by atoms with Crippen LogP contribution in [0.15, 0.2) is 0 Å². The van der Waals surface area contributed by atoms with E-state index >= 15 is 0 Å². The number of β-amino-alcohol motifs (C(OH)–C–C–N with tert-alkyl or cyclic N) is 1. The molecule has 0 saturated carbocycles. The zero-order valence-electron chi connectivity index (χ0n) is 9.33. The van der Waals surface area contributed by atoms with Gasteiger partial charge >= 0.3 is 0 Å². The molecular weight excluding hydrogens is 162 g/mol. The number of piperidine rings is 1. The molecule has 0 aromatic heterocycles. The third-order valence-corrected chi connectivity index (χ3v) is 3.25. The molecule has 1 N–H and O–H groups in total. The highest BCUT2D eigenvalue weighted by Gasteiger charge is 2.30. The Morgan fingerprint density at radius 3 is 2.23 bits per heavy atom. The molecule has 0 aromatic rings. The molecule has 78 valence electrons. The minimum atomic E-state index is -0.115. The minimum absolute atomic E-state index is 0.115. The molecule has 0 bridgehead atoms. The second kappa shape index (κ2) is 4.43. The lowest BCUT2D eigenvalue weighted by atomic mass is 9.84. The molecule has 1 saturated heterocycles. The normalized spacial score (nSPS) is 31.6. The van der Waals surface area contributed by atoms with Crippen LogP contribution in [0.1, 0.15) is 34.1 Å². The molecule has 0 aromatic carbocycles. The Morgan fingerprint density at radius 1 is 1.23 bits per heavy atom. The van der Waals surface area contributed by atoms with E-state index in [2.05, 4.69) is 32.6 Å². The van der Waals surface area contributed by atoms with Crippen molar-refractivity contribution < 1.29 is 5.11 Å². The van der Waals surface area contributed by atoms with E-state index in [4.69, 9.17) is 0 Å². The monoisotopic (exact) mass is 185 g/mol. The fourth-order valence-electron chi connectivity index (χ4n) is 2.22. The lowest BCUT2D eigenvalue weighted by Gasteiger charge is -2.39. The van der Waals surface area contributed by atoms with Gasteiger partial charge in [0.2, 0.25) is 0 Å². The predicted molar refractivity (Wildman–Crippen MR) is 55.7 cm³/mol. The van der Waals surface area contributed by atoms with E-state index < -0.39 is 0 Å². The number of aliphatic hydroxyl groups excluding tert-OH is 1. The average Bonchev–Trinajstić information content (AvgIpc) is 2.03. The summed E-state index contributed by atoms with van der Waals surface area (Å²) in [5.41, 5.74) is 0. The van der Waals surface area contributed by atoms with Gasteiger partial charge in [0, 0.05) is 12.6 Å². The quantitative estimate of drug-likeness (QED) is 0.708. The summed E-state index contributed by atoms with van der Waals surface area (Å²) in [5.74, 6) is 1.12. The molecular formula is C11H23NO. The van der Waals surface area contributed by atoms with Crippen molar-refractivity contribution in [3.05, 3.63) is 0 Å². The maximum absolute atomic E-state index is 9.92. The van der Waals surface area contributed by atoms with Crippen LogP contribution in [0.25, 0.3) is 0 Å². The van der Waals surface area contributed by atoms with Crippen LogP contribution in [0.2, 0.25) is 0 Å². The van der Waals surface area contributed by atoms with Gasteiger partial charge in [0.15, 0.2) is 0 Å². The van der Waals surface area contributed by atoms with Crippen LogP contribution in [0.3, 0.4) is 0 Å². The van der Waals surface area contributed by atoms with Crippen LogP contribution in [-0.4, -0.2) is 35.2 Å². The highest BCUT2D eigenvalue weighted by atomic mass is 16.3. The molecule has 2 atom stereocenters. The second-order valence-electron chi connectivity index (χ2n) is 4.85. The number of hydrogen-bond donors (Lipinski definition) is 1. The maximum Gasteiger partial charge on any atom is 0.0698 e. The molecule has 0 aliphatic carbocycles. The summed E-state index contributed by atoms with van der Waals surface area (Å²) in [6, 6.07) is 0.572. The highest BCUT2D eigenvalue weighted by molar-refractivity contribution is 4.82. The Bertz CT molecular complexity index is 156. The fourth-order valence-corrected chi connectivity index (χ4v) is 2.22. The summed E-state index contributed by atoms with van der Waals surface area (Å²) in [4.78, 5) is 2.36. The first kappa shape index (κ1) is 11.0. The van der Waals surface area contributed by atoms with Gasteiger partial charge in [0.1, 0.15) is 0 Å². The number of nitrogens with zero attached hydrogens (tertiary/aromatic N) is 1. The standard InChI is InChI=1S/C11H23NO/c1-8(2)10-5-6-12(9(3)4)7-11(10)13/h8-11,13H,5-7H2,1-4H3/t10-,11+/m0/s1. The topological polar surface area (TPSA) is 23.5 Å². The molecule has 2 heteroatoms. The fraction of sp³-hybridized carbons (Fsp3) is 1.00. The van der Waals surface area contributed by atoms with Crippen LogP contribution in [0, 0.1) is 11.8 Å². The molecule has 0 spiro atoms. The Hall–Kier alpha value is -0.0800. The molecule has 1 fully saturated rings. The van der Waals surface area contributed by atoms with Crippen LogP contribution in [0.5, 0.6) is 0 Å². The average molecular weight is 185 g/mol. The number of hydrogen-bond acceptors (Lipinski definition) is 2. The van der Waals surface area contributed by atoms with Crippen molar-refractivity contribution in [1.29, 1.82) is 0 Å².